The van der Waals surface area contributed by atoms with E-state index in [0.29, 0.717) is 18.6 Å². The van der Waals surface area contributed by atoms with Gasteiger partial charge in [-0.05, 0) is 52.5 Å². The minimum absolute atomic E-state index is 0.237. The summed E-state index contributed by atoms with van der Waals surface area (Å²) in [6.07, 6.45) is 5.00. The number of rotatable bonds is 7. The van der Waals surface area contributed by atoms with Crippen molar-refractivity contribution < 1.29 is 4.79 Å². The topological polar surface area (TPSA) is 58.4 Å². The first kappa shape index (κ1) is 12.8. The lowest BCUT2D eigenvalue weighted by Gasteiger charge is -2.35. The number of hydrogen-bond donors (Lipinski definition) is 2. The summed E-state index contributed by atoms with van der Waals surface area (Å²) in [4.78, 5) is 13.9. The Labute approximate surface area is 104 Å². The molecule has 0 aromatic carbocycles. The van der Waals surface area contributed by atoms with Crippen molar-refractivity contribution in [3.05, 3.63) is 0 Å². The van der Waals surface area contributed by atoms with Gasteiger partial charge in [0.2, 0.25) is 5.91 Å². The molecule has 4 nitrogen and oxygen atoms in total. The van der Waals surface area contributed by atoms with Crippen LogP contribution in [0.25, 0.3) is 0 Å². The molecule has 3 N–H and O–H groups in total. The Morgan fingerprint density at radius 2 is 2.06 bits per heavy atom. The van der Waals surface area contributed by atoms with E-state index in [1.807, 2.05) is 6.92 Å². The predicted molar refractivity (Wildman–Crippen MR) is 68.6 cm³/mol. The average molecular weight is 239 g/mol. The molecule has 2 saturated carbocycles. The highest BCUT2D eigenvalue weighted by Gasteiger charge is 2.40. The molecule has 17 heavy (non-hydrogen) atoms. The predicted octanol–water partition coefficient (Wildman–Crippen LogP) is 0.713. The van der Waals surface area contributed by atoms with E-state index in [-0.39, 0.29) is 5.91 Å². The maximum Gasteiger partial charge on any atom is 0.238 e. The van der Waals surface area contributed by atoms with Crippen molar-refractivity contribution in [2.45, 2.75) is 57.2 Å². The molecule has 98 valence electrons. The number of carbonyl (C=O) groups is 1. The number of amides is 1. The zero-order valence-electron chi connectivity index (χ0n) is 11.2. The van der Waals surface area contributed by atoms with Gasteiger partial charge < -0.3 is 10.6 Å². The average Bonchev–Trinajstić information content (AvgIpc) is 3.10. The van der Waals surface area contributed by atoms with Crippen LogP contribution in [0.4, 0.5) is 0 Å². The molecule has 2 atom stereocenters. The van der Waals surface area contributed by atoms with Gasteiger partial charge in [0.1, 0.15) is 5.54 Å². The van der Waals surface area contributed by atoms with E-state index in [1.54, 1.807) is 0 Å². The van der Waals surface area contributed by atoms with Crippen LogP contribution >= 0.6 is 0 Å². The highest BCUT2D eigenvalue weighted by atomic mass is 16.1. The molecule has 0 radical (unpaired) electrons. The van der Waals surface area contributed by atoms with Gasteiger partial charge in [-0.1, -0.05) is 0 Å². The molecule has 0 bridgehead atoms. The van der Waals surface area contributed by atoms with E-state index in [2.05, 4.69) is 24.2 Å². The van der Waals surface area contributed by atoms with Crippen molar-refractivity contribution in [1.82, 2.24) is 10.2 Å². The second-order valence-electron chi connectivity index (χ2n) is 6.11. The third kappa shape index (κ3) is 3.19. The first-order valence-corrected chi connectivity index (χ1v) is 6.70. The molecular weight excluding hydrogens is 214 g/mol. The number of primary amides is 1. The fourth-order valence-electron chi connectivity index (χ4n) is 2.45. The van der Waals surface area contributed by atoms with Crippen LogP contribution in [0.3, 0.4) is 0 Å². The number of nitrogens with one attached hydrogen (secondary N) is 1. The zero-order valence-corrected chi connectivity index (χ0v) is 11.2. The summed E-state index contributed by atoms with van der Waals surface area (Å²) in [7, 11) is 2.10. The van der Waals surface area contributed by atoms with E-state index < -0.39 is 5.54 Å². The van der Waals surface area contributed by atoms with Gasteiger partial charge in [-0.25, -0.2) is 0 Å². The maximum atomic E-state index is 11.7. The third-order valence-electron chi connectivity index (χ3n) is 4.21. The molecule has 2 rings (SSSR count). The summed E-state index contributed by atoms with van der Waals surface area (Å²) in [5.41, 5.74) is 4.97. The van der Waals surface area contributed by atoms with Crippen LogP contribution in [-0.4, -0.2) is 42.0 Å². The monoisotopic (exact) mass is 239 g/mol. The van der Waals surface area contributed by atoms with Gasteiger partial charge in [0.25, 0.3) is 0 Å². The highest BCUT2D eigenvalue weighted by molar-refractivity contribution is 5.84. The molecule has 0 spiro atoms. The minimum Gasteiger partial charge on any atom is -0.368 e. The molecule has 0 heterocycles. The third-order valence-corrected chi connectivity index (χ3v) is 4.21. The van der Waals surface area contributed by atoms with Gasteiger partial charge >= 0.3 is 0 Å². The Morgan fingerprint density at radius 1 is 1.47 bits per heavy atom. The second-order valence-corrected chi connectivity index (χ2v) is 6.11. The summed E-state index contributed by atoms with van der Waals surface area (Å²) < 4.78 is 0. The molecule has 2 unspecified atom stereocenters. The van der Waals surface area contributed by atoms with Gasteiger partial charge in [0.15, 0.2) is 0 Å². The lowest BCUT2D eigenvalue weighted by Crippen LogP contribution is -2.60. The number of carbonyl (C=O) groups excluding carboxylic acids is 1. The number of likely N-dealkylation sites (N-methyl/N-ethyl adjacent to an activating group) is 1. The molecule has 2 aliphatic carbocycles. The fourth-order valence-corrected chi connectivity index (χ4v) is 2.45. The van der Waals surface area contributed by atoms with E-state index in [4.69, 9.17) is 5.73 Å². The SMILES string of the molecule is CC(C1CC1)N(C)CC(C)(NC1CC1)C(N)=O. The molecule has 0 aromatic rings. The van der Waals surface area contributed by atoms with Crippen LogP contribution in [0.15, 0.2) is 0 Å². The second kappa shape index (κ2) is 4.58. The fraction of sp³-hybridized carbons (Fsp3) is 0.923. The van der Waals surface area contributed by atoms with Crippen molar-refractivity contribution in [2.75, 3.05) is 13.6 Å². The zero-order chi connectivity index (χ0) is 12.6. The van der Waals surface area contributed by atoms with Crippen LogP contribution < -0.4 is 11.1 Å². The van der Waals surface area contributed by atoms with E-state index >= 15 is 0 Å². The van der Waals surface area contributed by atoms with Gasteiger partial charge in [-0.3, -0.25) is 10.1 Å². The first-order valence-electron chi connectivity index (χ1n) is 6.70. The van der Waals surface area contributed by atoms with Crippen LogP contribution in [0.2, 0.25) is 0 Å². The number of nitrogens with zero attached hydrogens (tertiary/aromatic N) is 1. The molecular formula is C13H25N3O. The van der Waals surface area contributed by atoms with Crippen molar-refractivity contribution >= 4 is 5.91 Å². The first-order chi connectivity index (χ1) is 7.92. The Hall–Kier alpha value is -0.610. The minimum atomic E-state index is -0.584. The Kier molecular flexibility index (Phi) is 3.46. The van der Waals surface area contributed by atoms with Crippen LogP contribution in [0.1, 0.15) is 39.5 Å². The molecule has 0 saturated heterocycles. The molecule has 0 aliphatic heterocycles. The van der Waals surface area contributed by atoms with Gasteiger partial charge in [0.05, 0.1) is 0 Å². The quantitative estimate of drug-likeness (QED) is 0.688. The lowest BCUT2D eigenvalue weighted by molar-refractivity contribution is -0.124. The van der Waals surface area contributed by atoms with Gasteiger partial charge in [-0.15, -0.1) is 0 Å². The Balaban J connectivity index is 1.92. The van der Waals surface area contributed by atoms with E-state index in [0.717, 1.165) is 5.92 Å². The Morgan fingerprint density at radius 3 is 2.47 bits per heavy atom. The van der Waals surface area contributed by atoms with Crippen LogP contribution in [0.5, 0.6) is 0 Å². The number of hydrogen-bond acceptors (Lipinski definition) is 3. The summed E-state index contributed by atoms with van der Waals surface area (Å²) in [5.74, 6) is 0.581. The summed E-state index contributed by atoms with van der Waals surface area (Å²) >= 11 is 0. The van der Waals surface area contributed by atoms with Crippen LogP contribution in [0, 0.1) is 5.92 Å². The highest BCUT2D eigenvalue weighted by Crippen LogP contribution is 2.35. The maximum absolute atomic E-state index is 11.7. The van der Waals surface area contributed by atoms with Crippen molar-refractivity contribution in [2.24, 2.45) is 11.7 Å². The van der Waals surface area contributed by atoms with E-state index in [1.165, 1.54) is 25.7 Å². The van der Waals surface area contributed by atoms with Crippen molar-refractivity contribution in [1.29, 1.82) is 0 Å². The summed E-state index contributed by atoms with van der Waals surface area (Å²) in [6.45, 7) is 4.89. The van der Waals surface area contributed by atoms with Crippen LogP contribution in [-0.2, 0) is 4.79 Å². The normalized spacial score (nSPS) is 25.6. The number of nitrogens with two attached hydrogens (primary N) is 1. The van der Waals surface area contributed by atoms with Gasteiger partial charge in [-0.2, -0.15) is 0 Å². The molecule has 0 aromatic heterocycles. The molecule has 2 aliphatic rings. The molecule has 2 fully saturated rings. The van der Waals surface area contributed by atoms with Crippen molar-refractivity contribution in [3.63, 3.8) is 0 Å². The molecule has 4 heteroatoms. The van der Waals surface area contributed by atoms with E-state index in [9.17, 15) is 4.79 Å². The summed E-state index contributed by atoms with van der Waals surface area (Å²) in [6, 6.07) is 1.05. The lowest BCUT2D eigenvalue weighted by atomic mass is 9.99. The Bertz CT molecular complexity index is 299. The largest absolute Gasteiger partial charge is 0.368 e. The van der Waals surface area contributed by atoms with Crippen molar-refractivity contribution in [3.8, 4) is 0 Å². The standard InChI is InChI=1S/C13H25N3O/c1-9(10-4-5-10)16(3)8-13(2,12(14)17)15-11-6-7-11/h9-11,15H,4-8H2,1-3H3,(H2,14,17). The van der Waals surface area contributed by atoms with Gasteiger partial charge in [0, 0.05) is 18.6 Å². The smallest absolute Gasteiger partial charge is 0.238 e. The molecule has 1 amide bonds. The summed E-state index contributed by atoms with van der Waals surface area (Å²) in [5, 5.41) is 3.40.